The van der Waals surface area contributed by atoms with E-state index < -0.39 is 4.92 Å². The topological polar surface area (TPSA) is 81.2 Å². The first kappa shape index (κ1) is 11.3. The van der Waals surface area contributed by atoms with Gasteiger partial charge in [0.2, 0.25) is 0 Å². The van der Waals surface area contributed by atoms with Crippen molar-refractivity contribution >= 4 is 17.1 Å². The van der Waals surface area contributed by atoms with Gasteiger partial charge in [0.05, 0.1) is 4.92 Å². The van der Waals surface area contributed by atoms with Crippen LogP contribution in [0.4, 0.5) is 17.1 Å². The fourth-order valence-corrected chi connectivity index (χ4v) is 1.17. The van der Waals surface area contributed by atoms with E-state index in [1.54, 1.807) is 6.07 Å². The van der Waals surface area contributed by atoms with E-state index in [9.17, 15) is 10.1 Å². The molecule has 0 heterocycles. The summed E-state index contributed by atoms with van der Waals surface area (Å²) >= 11 is 0. The zero-order valence-corrected chi connectivity index (χ0v) is 8.86. The van der Waals surface area contributed by atoms with Crippen LogP contribution in [0.1, 0.15) is 13.8 Å². The van der Waals surface area contributed by atoms with Gasteiger partial charge in [-0.2, -0.15) is 0 Å². The number of benzene rings is 1. The van der Waals surface area contributed by atoms with Gasteiger partial charge in [-0.05, 0) is 18.1 Å². The van der Waals surface area contributed by atoms with Crippen LogP contribution in [0, 0.1) is 16.0 Å². The molecule has 0 aliphatic rings. The Kier molecular flexibility index (Phi) is 3.49. The Bertz CT molecular complexity index is 364. The Morgan fingerprint density at radius 1 is 1.53 bits per heavy atom. The predicted molar refractivity (Wildman–Crippen MR) is 60.8 cm³/mol. The molecule has 1 rings (SSSR count). The van der Waals surface area contributed by atoms with Crippen LogP contribution in [0.15, 0.2) is 18.2 Å². The molecule has 0 saturated heterocycles. The summed E-state index contributed by atoms with van der Waals surface area (Å²) in [6.45, 7) is 4.75. The normalized spacial score (nSPS) is 10.3. The van der Waals surface area contributed by atoms with Crippen LogP contribution < -0.4 is 11.1 Å². The van der Waals surface area contributed by atoms with Gasteiger partial charge >= 0.3 is 0 Å². The Labute approximate surface area is 88.4 Å². The van der Waals surface area contributed by atoms with Crippen molar-refractivity contribution in [3.8, 4) is 0 Å². The maximum Gasteiger partial charge on any atom is 0.292 e. The third kappa shape index (κ3) is 3.12. The minimum Gasteiger partial charge on any atom is -0.399 e. The molecule has 1 aromatic carbocycles. The Morgan fingerprint density at radius 3 is 2.73 bits per heavy atom. The van der Waals surface area contributed by atoms with E-state index in [0.717, 1.165) is 0 Å². The minimum atomic E-state index is -0.415. The van der Waals surface area contributed by atoms with Crippen LogP contribution >= 0.6 is 0 Å². The van der Waals surface area contributed by atoms with Gasteiger partial charge in [-0.3, -0.25) is 10.1 Å². The van der Waals surface area contributed by atoms with Crippen LogP contribution in [0.25, 0.3) is 0 Å². The third-order valence-corrected chi connectivity index (χ3v) is 1.92. The molecule has 15 heavy (non-hydrogen) atoms. The van der Waals surface area contributed by atoms with Gasteiger partial charge in [0.15, 0.2) is 0 Å². The van der Waals surface area contributed by atoms with E-state index in [1.165, 1.54) is 12.1 Å². The monoisotopic (exact) mass is 209 g/mol. The van der Waals surface area contributed by atoms with E-state index in [2.05, 4.69) is 5.32 Å². The molecular formula is C10H15N3O2. The highest BCUT2D eigenvalue weighted by Gasteiger charge is 2.13. The Balaban J connectivity index is 2.92. The van der Waals surface area contributed by atoms with Gasteiger partial charge in [0.1, 0.15) is 5.69 Å². The quantitative estimate of drug-likeness (QED) is 0.452. The fraction of sp³-hybridized carbons (Fsp3) is 0.400. The van der Waals surface area contributed by atoms with Crippen LogP contribution in [0.2, 0.25) is 0 Å². The van der Waals surface area contributed by atoms with E-state index in [-0.39, 0.29) is 5.69 Å². The fourth-order valence-electron chi connectivity index (χ4n) is 1.17. The minimum absolute atomic E-state index is 0.0600. The molecule has 0 aromatic heterocycles. The summed E-state index contributed by atoms with van der Waals surface area (Å²) in [5.74, 6) is 0.422. The number of nitro benzene ring substituents is 1. The zero-order chi connectivity index (χ0) is 11.4. The number of nitrogen functional groups attached to an aromatic ring is 1. The van der Waals surface area contributed by atoms with Crippen molar-refractivity contribution < 1.29 is 4.92 Å². The molecule has 0 bridgehead atoms. The molecule has 0 aliphatic heterocycles. The smallest absolute Gasteiger partial charge is 0.292 e. The molecule has 0 amide bonds. The molecule has 82 valence electrons. The number of hydrogen-bond donors (Lipinski definition) is 2. The summed E-state index contributed by atoms with van der Waals surface area (Å²) in [6, 6.07) is 4.52. The van der Waals surface area contributed by atoms with E-state index in [0.29, 0.717) is 23.8 Å². The lowest BCUT2D eigenvalue weighted by Gasteiger charge is -2.09. The second-order valence-corrected chi connectivity index (χ2v) is 3.81. The van der Waals surface area contributed by atoms with Crippen LogP contribution in [-0.4, -0.2) is 11.5 Å². The summed E-state index contributed by atoms with van der Waals surface area (Å²) in [7, 11) is 0. The second kappa shape index (κ2) is 4.63. The van der Waals surface area contributed by atoms with E-state index in [1.807, 2.05) is 13.8 Å². The van der Waals surface area contributed by atoms with Gasteiger partial charge in [0, 0.05) is 18.3 Å². The number of nitrogens with one attached hydrogen (secondary N) is 1. The first-order valence-electron chi connectivity index (χ1n) is 4.78. The number of nitrogens with zero attached hydrogens (tertiary/aromatic N) is 1. The van der Waals surface area contributed by atoms with Crippen molar-refractivity contribution in [2.24, 2.45) is 5.92 Å². The summed E-state index contributed by atoms with van der Waals surface area (Å²) in [6.07, 6.45) is 0. The number of hydrogen-bond acceptors (Lipinski definition) is 4. The molecule has 0 saturated carbocycles. The van der Waals surface area contributed by atoms with Crippen molar-refractivity contribution in [3.05, 3.63) is 28.3 Å². The SMILES string of the molecule is CC(C)CNc1cc(N)ccc1[N+](=O)[O-]. The maximum atomic E-state index is 10.7. The standard InChI is InChI=1S/C10H15N3O2/c1-7(2)6-12-9-5-8(11)3-4-10(9)13(14)15/h3-5,7,12H,6,11H2,1-2H3. The van der Waals surface area contributed by atoms with Crippen molar-refractivity contribution in [2.75, 3.05) is 17.6 Å². The van der Waals surface area contributed by atoms with Gasteiger partial charge in [-0.15, -0.1) is 0 Å². The first-order chi connectivity index (χ1) is 7.00. The van der Waals surface area contributed by atoms with Gasteiger partial charge < -0.3 is 11.1 Å². The van der Waals surface area contributed by atoms with Gasteiger partial charge in [-0.1, -0.05) is 13.8 Å². The molecule has 0 spiro atoms. The van der Waals surface area contributed by atoms with Crippen LogP contribution in [-0.2, 0) is 0 Å². The first-order valence-corrected chi connectivity index (χ1v) is 4.78. The number of nitro groups is 1. The van der Waals surface area contributed by atoms with Crippen molar-refractivity contribution in [1.82, 2.24) is 0 Å². The summed E-state index contributed by atoms with van der Waals surface area (Å²) in [4.78, 5) is 10.3. The summed E-state index contributed by atoms with van der Waals surface area (Å²) in [5.41, 5.74) is 6.63. The largest absolute Gasteiger partial charge is 0.399 e. The van der Waals surface area contributed by atoms with Gasteiger partial charge in [-0.25, -0.2) is 0 Å². The average molecular weight is 209 g/mol. The molecule has 0 atom stereocenters. The predicted octanol–water partition coefficient (Wildman–Crippen LogP) is 2.24. The molecule has 0 unspecified atom stereocenters. The lowest BCUT2D eigenvalue weighted by molar-refractivity contribution is -0.383. The molecule has 3 N–H and O–H groups in total. The molecule has 0 radical (unpaired) electrons. The molecule has 5 nitrogen and oxygen atoms in total. The van der Waals surface area contributed by atoms with Crippen molar-refractivity contribution in [3.63, 3.8) is 0 Å². The molecule has 5 heteroatoms. The Morgan fingerprint density at radius 2 is 2.20 bits per heavy atom. The zero-order valence-electron chi connectivity index (χ0n) is 8.86. The highest BCUT2D eigenvalue weighted by Crippen LogP contribution is 2.26. The number of nitrogens with two attached hydrogens (primary N) is 1. The molecule has 0 aliphatic carbocycles. The van der Waals surface area contributed by atoms with E-state index in [4.69, 9.17) is 5.73 Å². The summed E-state index contributed by atoms with van der Waals surface area (Å²) < 4.78 is 0. The lowest BCUT2D eigenvalue weighted by Crippen LogP contribution is -2.09. The molecule has 1 aromatic rings. The van der Waals surface area contributed by atoms with Gasteiger partial charge in [0.25, 0.3) is 5.69 Å². The number of rotatable bonds is 4. The maximum absolute atomic E-state index is 10.7. The lowest BCUT2D eigenvalue weighted by atomic mass is 10.2. The second-order valence-electron chi connectivity index (χ2n) is 3.81. The van der Waals surface area contributed by atoms with Crippen LogP contribution in [0.3, 0.4) is 0 Å². The summed E-state index contributed by atoms with van der Waals surface area (Å²) in [5, 5.41) is 13.7. The highest BCUT2D eigenvalue weighted by molar-refractivity contribution is 5.67. The highest BCUT2D eigenvalue weighted by atomic mass is 16.6. The van der Waals surface area contributed by atoms with Crippen molar-refractivity contribution in [1.29, 1.82) is 0 Å². The molecule has 0 fully saturated rings. The number of anilines is 2. The van der Waals surface area contributed by atoms with E-state index >= 15 is 0 Å². The third-order valence-electron chi connectivity index (χ3n) is 1.92. The van der Waals surface area contributed by atoms with Crippen molar-refractivity contribution in [2.45, 2.75) is 13.8 Å². The van der Waals surface area contributed by atoms with Crippen LogP contribution in [0.5, 0.6) is 0 Å². The molecular weight excluding hydrogens is 194 g/mol. The average Bonchev–Trinajstić information content (AvgIpc) is 2.14. The Hall–Kier alpha value is -1.78.